The van der Waals surface area contributed by atoms with Gasteiger partial charge in [0.25, 0.3) is 0 Å². The lowest BCUT2D eigenvalue weighted by Gasteiger charge is -2.23. The molecule has 0 aliphatic heterocycles. The van der Waals surface area contributed by atoms with Crippen LogP contribution in [0.2, 0.25) is 0 Å². The first-order valence-electron chi connectivity index (χ1n) is 7.89. The van der Waals surface area contributed by atoms with E-state index in [-0.39, 0.29) is 12.3 Å². The third-order valence-electron chi connectivity index (χ3n) is 4.03. The molecule has 3 heteroatoms. The quantitative estimate of drug-likeness (QED) is 0.824. The SMILES string of the molecule is CCN(C(=O)CC(C#N)c1cc(C)ccc1C)c1ccccc1. The molecule has 2 aromatic carbocycles. The summed E-state index contributed by atoms with van der Waals surface area (Å²) in [6.45, 7) is 6.53. The van der Waals surface area contributed by atoms with Crippen LogP contribution < -0.4 is 4.90 Å². The third kappa shape index (κ3) is 3.98. The molecule has 0 spiro atoms. The summed E-state index contributed by atoms with van der Waals surface area (Å²) in [5.41, 5.74) is 3.98. The lowest BCUT2D eigenvalue weighted by atomic mass is 9.91. The molecular formula is C20H22N2O. The van der Waals surface area contributed by atoms with Crippen LogP contribution in [0.3, 0.4) is 0 Å². The summed E-state index contributed by atoms with van der Waals surface area (Å²) in [5.74, 6) is -0.439. The molecule has 0 fully saturated rings. The molecule has 2 aromatic rings. The molecule has 1 amide bonds. The second-order valence-corrected chi connectivity index (χ2v) is 5.72. The van der Waals surface area contributed by atoms with Crippen LogP contribution in [-0.2, 0) is 4.79 Å². The lowest BCUT2D eigenvalue weighted by Crippen LogP contribution is -2.31. The minimum atomic E-state index is -0.417. The van der Waals surface area contributed by atoms with Gasteiger partial charge in [-0.25, -0.2) is 0 Å². The number of hydrogen-bond donors (Lipinski definition) is 0. The van der Waals surface area contributed by atoms with Crippen LogP contribution in [0.25, 0.3) is 0 Å². The van der Waals surface area contributed by atoms with Gasteiger partial charge in [-0.3, -0.25) is 4.79 Å². The maximum atomic E-state index is 12.7. The van der Waals surface area contributed by atoms with Crippen LogP contribution in [0.15, 0.2) is 48.5 Å². The minimum absolute atomic E-state index is 0.0221. The van der Waals surface area contributed by atoms with Gasteiger partial charge in [-0.1, -0.05) is 42.0 Å². The number of rotatable bonds is 5. The molecule has 0 aromatic heterocycles. The fourth-order valence-corrected chi connectivity index (χ4v) is 2.76. The number of amides is 1. The van der Waals surface area contributed by atoms with E-state index < -0.39 is 5.92 Å². The second kappa shape index (κ2) is 7.60. The van der Waals surface area contributed by atoms with Crippen molar-refractivity contribution in [2.24, 2.45) is 0 Å². The van der Waals surface area contributed by atoms with Gasteiger partial charge in [0.1, 0.15) is 0 Å². The molecule has 23 heavy (non-hydrogen) atoms. The van der Waals surface area contributed by atoms with Gasteiger partial charge in [0.2, 0.25) is 5.91 Å². The molecule has 118 valence electrons. The zero-order chi connectivity index (χ0) is 16.8. The second-order valence-electron chi connectivity index (χ2n) is 5.72. The molecular weight excluding hydrogens is 284 g/mol. The minimum Gasteiger partial charge on any atom is -0.313 e. The van der Waals surface area contributed by atoms with Crippen LogP contribution in [0, 0.1) is 25.2 Å². The number of hydrogen-bond acceptors (Lipinski definition) is 2. The molecule has 0 heterocycles. The normalized spacial score (nSPS) is 11.6. The van der Waals surface area contributed by atoms with Gasteiger partial charge >= 0.3 is 0 Å². The Morgan fingerprint density at radius 3 is 2.48 bits per heavy atom. The number of benzene rings is 2. The number of anilines is 1. The monoisotopic (exact) mass is 306 g/mol. The summed E-state index contributed by atoms with van der Waals surface area (Å²) < 4.78 is 0. The van der Waals surface area contributed by atoms with Crippen molar-refractivity contribution in [2.45, 2.75) is 33.1 Å². The Morgan fingerprint density at radius 2 is 1.87 bits per heavy atom. The Hall–Kier alpha value is -2.60. The number of carbonyl (C=O) groups excluding carboxylic acids is 1. The zero-order valence-corrected chi connectivity index (χ0v) is 13.9. The molecule has 0 N–H and O–H groups in total. The van der Waals surface area contributed by atoms with Gasteiger partial charge in [0, 0.05) is 18.7 Å². The topological polar surface area (TPSA) is 44.1 Å². The van der Waals surface area contributed by atoms with E-state index in [0.717, 1.165) is 22.4 Å². The van der Waals surface area contributed by atoms with Gasteiger partial charge in [-0.2, -0.15) is 5.26 Å². The number of carbonyl (C=O) groups is 1. The van der Waals surface area contributed by atoms with Gasteiger partial charge in [0.15, 0.2) is 0 Å². The van der Waals surface area contributed by atoms with E-state index in [0.29, 0.717) is 6.54 Å². The van der Waals surface area contributed by atoms with Crippen molar-refractivity contribution in [3.8, 4) is 6.07 Å². The molecule has 0 saturated heterocycles. The van der Waals surface area contributed by atoms with E-state index in [2.05, 4.69) is 6.07 Å². The Balaban J connectivity index is 2.23. The highest BCUT2D eigenvalue weighted by Gasteiger charge is 2.21. The fourth-order valence-electron chi connectivity index (χ4n) is 2.76. The van der Waals surface area contributed by atoms with E-state index in [1.54, 1.807) is 4.90 Å². The Morgan fingerprint density at radius 1 is 1.17 bits per heavy atom. The van der Waals surface area contributed by atoms with Crippen molar-refractivity contribution >= 4 is 11.6 Å². The molecule has 3 nitrogen and oxygen atoms in total. The van der Waals surface area contributed by atoms with E-state index in [1.165, 1.54) is 0 Å². The van der Waals surface area contributed by atoms with Crippen LogP contribution in [-0.4, -0.2) is 12.5 Å². The van der Waals surface area contributed by atoms with Crippen LogP contribution in [0.4, 0.5) is 5.69 Å². The molecule has 0 aliphatic carbocycles. The maximum absolute atomic E-state index is 12.7. The largest absolute Gasteiger partial charge is 0.313 e. The standard InChI is InChI=1S/C20H22N2O/c1-4-22(18-8-6-5-7-9-18)20(23)13-17(14-21)19-12-15(2)10-11-16(19)3/h5-12,17H,4,13H2,1-3H3. The number of aryl methyl sites for hydroxylation is 2. The first-order chi connectivity index (χ1) is 11.1. The summed E-state index contributed by atoms with van der Waals surface area (Å²) in [4.78, 5) is 14.4. The third-order valence-corrected chi connectivity index (χ3v) is 4.03. The van der Waals surface area contributed by atoms with Crippen molar-refractivity contribution in [1.82, 2.24) is 0 Å². The molecule has 2 rings (SSSR count). The van der Waals surface area contributed by atoms with Crippen LogP contribution >= 0.6 is 0 Å². The van der Waals surface area contributed by atoms with Crippen molar-refractivity contribution < 1.29 is 4.79 Å². The van der Waals surface area contributed by atoms with Crippen molar-refractivity contribution in [3.63, 3.8) is 0 Å². The Labute approximate surface area is 138 Å². The summed E-state index contributed by atoms with van der Waals surface area (Å²) in [7, 11) is 0. The van der Waals surface area contributed by atoms with Gasteiger partial charge in [-0.05, 0) is 44.0 Å². The molecule has 0 bridgehead atoms. The van der Waals surface area contributed by atoms with Gasteiger partial charge in [-0.15, -0.1) is 0 Å². The van der Waals surface area contributed by atoms with E-state index in [1.807, 2.05) is 69.3 Å². The van der Waals surface area contributed by atoms with E-state index in [9.17, 15) is 10.1 Å². The lowest BCUT2D eigenvalue weighted by molar-refractivity contribution is -0.118. The molecule has 0 saturated carbocycles. The Bertz CT molecular complexity index is 716. The van der Waals surface area contributed by atoms with E-state index >= 15 is 0 Å². The van der Waals surface area contributed by atoms with Crippen molar-refractivity contribution in [3.05, 3.63) is 65.2 Å². The molecule has 1 atom stereocenters. The first kappa shape index (κ1) is 16.8. The highest BCUT2D eigenvalue weighted by atomic mass is 16.2. The summed E-state index contributed by atoms with van der Waals surface area (Å²) in [6.07, 6.45) is 0.198. The molecule has 0 radical (unpaired) electrons. The van der Waals surface area contributed by atoms with Crippen molar-refractivity contribution in [1.29, 1.82) is 5.26 Å². The van der Waals surface area contributed by atoms with Crippen molar-refractivity contribution in [2.75, 3.05) is 11.4 Å². The maximum Gasteiger partial charge on any atom is 0.228 e. The predicted molar refractivity (Wildman–Crippen MR) is 93.4 cm³/mol. The van der Waals surface area contributed by atoms with E-state index in [4.69, 9.17) is 0 Å². The summed E-state index contributed by atoms with van der Waals surface area (Å²) in [6, 6.07) is 17.9. The number of para-hydroxylation sites is 1. The highest BCUT2D eigenvalue weighted by Crippen LogP contribution is 2.26. The Kier molecular flexibility index (Phi) is 5.54. The first-order valence-corrected chi connectivity index (χ1v) is 7.89. The summed E-state index contributed by atoms with van der Waals surface area (Å²) in [5, 5.41) is 9.55. The molecule has 1 unspecified atom stereocenters. The smallest absolute Gasteiger partial charge is 0.228 e. The van der Waals surface area contributed by atoms with Crippen LogP contribution in [0.1, 0.15) is 36.0 Å². The average molecular weight is 306 g/mol. The number of nitriles is 1. The van der Waals surface area contributed by atoms with Gasteiger partial charge in [0.05, 0.1) is 12.0 Å². The fraction of sp³-hybridized carbons (Fsp3) is 0.300. The predicted octanol–water partition coefficient (Wildman–Crippen LogP) is 4.35. The molecule has 0 aliphatic rings. The highest BCUT2D eigenvalue weighted by molar-refractivity contribution is 5.94. The summed E-state index contributed by atoms with van der Waals surface area (Å²) >= 11 is 0. The van der Waals surface area contributed by atoms with Crippen LogP contribution in [0.5, 0.6) is 0 Å². The van der Waals surface area contributed by atoms with Gasteiger partial charge < -0.3 is 4.90 Å². The average Bonchev–Trinajstić information content (AvgIpc) is 2.56. The number of nitrogens with zero attached hydrogens (tertiary/aromatic N) is 2. The zero-order valence-electron chi connectivity index (χ0n) is 13.9.